The van der Waals surface area contributed by atoms with E-state index in [-0.39, 0.29) is 47.8 Å². The van der Waals surface area contributed by atoms with Gasteiger partial charge in [0.15, 0.2) is 23.1 Å². The fourth-order valence-electron chi connectivity index (χ4n) is 6.78. The quantitative estimate of drug-likeness (QED) is 0.293. The highest BCUT2D eigenvalue weighted by Gasteiger charge is 2.49. The maximum absolute atomic E-state index is 14.3. The minimum atomic E-state index is -0.935. The van der Waals surface area contributed by atoms with Gasteiger partial charge in [0.25, 0.3) is 0 Å². The Balaban J connectivity index is 1.68. The maximum Gasteiger partial charge on any atom is 0.305 e. The highest BCUT2D eigenvalue weighted by molar-refractivity contribution is 9.10. The third-order valence-electron chi connectivity index (χ3n) is 8.57. The molecule has 0 atom stereocenters. The lowest BCUT2D eigenvalue weighted by molar-refractivity contribution is -0.137. The number of aliphatic carboxylic acids is 1. The summed E-state index contributed by atoms with van der Waals surface area (Å²) in [5, 5.41) is 9.60. The van der Waals surface area contributed by atoms with Crippen LogP contribution in [0.1, 0.15) is 83.8 Å². The van der Waals surface area contributed by atoms with Crippen LogP contribution in [0.2, 0.25) is 0 Å². The number of hydrogen-bond acceptors (Lipinski definition) is 6. The molecule has 234 valence electrons. The summed E-state index contributed by atoms with van der Waals surface area (Å²) in [7, 11) is 0. The average Bonchev–Trinajstić information content (AvgIpc) is 2.90. The number of rotatable bonds is 9. The van der Waals surface area contributed by atoms with Gasteiger partial charge in [0.1, 0.15) is 12.4 Å². The zero-order valence-corrected chi connectivity index (χ0v) is 27.5. The Morgan fingerprint density at radius 2 is 1.57 bits per heavy atom. The molecule has 0 saturated carbocycles. The van der Waals surface area contributed by atoms with Gasteiger partial charge in [0.05, 0.1) is 17.5 Å². The summed E-state index contributed by atoms with van der Waals surface area (Å²) in [6.45, 7) is 10.5. The largest absolute Gasteiger partial charge is 0.490 e. The van der Waals surface area contributed by atoms with E-state index >= 15 is 0 Å². The summed E-state index contributed by atoms with van der Waals surface area (Å²) < 4.78 is 27.0. The minimum Gasteiger partial charge on any atom is -0.490 e. The first-order valence-corrected chi connectivity index (χ1v) is 15.8. The normalized spacial score (nSPS) is 19.6. The van der Waals surface area contributed by atoms with Crippen molar-refractivity contribution >= 4 is 33.5 Å². The number of allylic oxidation sites excluding steroid dienone is 4. The molecule has 0 amide bonds. The molecule has 44 heavy (non-hydrogen) atoms. The number of ketones is 2. The van der Waals surface area contributed by atoms with Crippen LogP contribution >= 0.6 is 15.9 Å². The number of carboxylic acids is 1. The first-order chi connectivity index (χ1) is 20.7. The Morgan fingerprint density at radius 3 is 2.11 bits per heavy atom. The molecule has 0 spiro atoms. The molecule has 0 bridgehead atoms. The molecule has 5 rings (SSSR count). The monoisotopic (exact) mass is 667 g/mol. The number of ether oxygens (including phenoxy) is 2. The third-order valence-corrected chi connectivity index (χ3v) is 9.16. The van der Waals surface area contributed by atoms with Crippen molar-refractivity contribution in [3.8, 4) is 11.5 Å². The van der Waals surface area contributed by atoms with E-state index in [1.54, 1.807) is 18.2 Å². The Labute approximate surface area is 266 Å². The van der Waals surface area contributed by atoms with Gasteiger partial charge in [-0.3, -0.25) is 14.4 Å². The predicted molar refractivity (Wildman–Crippen MR) is 168 cm³/mol. The Kier molecular flexibility index (Phi) is 8.82. The van der Waals surface area contributed by atoms with Crippen LogP contribution in [0.4, 0.5) is 4.39 Å². The molecule has 1 N–H and O–H groups in total. The minimum absolute atomic E-state index is 0.0155. The SMILES string of the molecule is CCOc1cc(C2C3=C(CC(C)(C)CC3=O)N(CCC(=O)O)C3=C2C(=O)CC(C)(C)C3)cc(Br)c1OCc1ccccc1F. The summed E-state index contributed by atoms with van der Waals surface area (Å²) in [6.07, 6.45) is 1.69. The molecular weight excluding hydrogens is 629 g/mol. The second-order valence-corrected chi connectivity index (χ2v) is 14.3. The second-order valence-electron chi connectivity index (χ2n) is 13.5. The van der Waals surface area contributed by atoms with E-state index in [1.165, 1.54) is 6.07 Å². The van der Waals surface area contributed by atoms with Crippen LogP contribution in [0.25, 0.3) is 0 Å². The number of benzene rings is 2. The van der Waals surface area contributed by atoms with Crippen molar-refractivity contribution in [2.45, 2.75) is 79.2 Å². The standard InChI is InChI=1S/C35H39BrFNO6/c1-6-43-28-14-21(13-22(36)33(28)44-19-20-9-7-8-10-23(20)37)30-31-24(15-34(2,3)17-26(31)39)38(12-11-29(41)42)25-16-35(4,5)18-27(40)32(25)30/h7-10,13-14,30H,6,11-12,15-19H2,1-5H3,(H,41,42). The Hall–Kier alpha value is -3.46. The fourth-order valence-corrected chi connectivity index (χ4v) is 7.36. The van der Waals surface area contributed by atoms with E-state index in [2.05, 4.69) is 15.9 Å². The van der Waals surface area contributed by atoms with Crippen LogP contribution in [0, 0.1) is 16.6 Å². The third kappa shape index (κ3) is 6.34. The van der Waals surface area contributed by atoms with Crippen LogP contribution in [0.5, 0.6) is 11.5 Å². The lowest BCUT2D eigenvalue weighted by Crippen LogP contribution is -2.45. The lowest BCUT2D eigenvalue weighted by atomic mass is 9.63. The van der Waals surface area contributed by atoms with Gasteiger partial charge in [-0.2, -0.15) is 0 Å². The summed E-state index contributed by atoms with van der Waals surface area (Å²) in [5.41, 5.74) is 3.16. The van der Waals surface area contributed by atoms with E-state index in [9.17, 15) is 23.9 Å². The molecule has 1 heterocycles. The summed E-state index contributed by atoms with van der Waals surface area (Å²) in [6, 6.07) is 10.1. The zero-order valence-electron chi connectivity index (χ0n) is 25.9. The van der Waals surface area contributed by atoms with Gasteiger partial charge >= 0.3 is 5.97 Å². The van der Waals surface area contributed by atoms with Gasteiger partial charge in [0.2, 0.25) is 0 Å². The van der Waals surface area contributed by atoms with E-state index in [1.807, 2.05) is 51.7 Å². The number of nitrogens with zero attached hydrogens (tertiary/aromatic N) is 1. The molecule has 0 aromatic heterocycles. The summed E-state index contributed by atoms with van der Waals surface area (Å²) in [5.74, 6) is -1.21. The van der Waals surface area contributed by atoms with Crippen LogP contribution in [0.15, 0.2) is 63.4 Å². The van der Waals surface area contributed by atoms with Crippen LogP contribution in [-0.4, -0.2) is 40.7 Å². The van der Waals surface area contributed by atoms with Gasteiger partial charge in [-0.25, -0.2) is 4.39 Å². The van der Waals surface area contributed by atoms with Crippen molar-refractivity contribution in [3.63, 3.8) is 0 Å². The number of halogens is 2. The van der Waals surface area contributed by atoms with Gasteiger partial charge < -0.3 is 19.5 Å². The molecule has 0 saturated heterocycles. The maximum atomic E-state index is 14.3. The summed E-state index contributed by atoms with van der Waals surface area (Å²) in [4.78, 5) is 41.8. The van der Waals surface area contributed by atoms with E-state index in [0.717, 1.165) is 11.4 Å². The van der Waals surface area contributed by atoms with E-state index in [0.29, 0.717) is 70.5 Å². The Morgan fingerprint density at radius 1 is 0.977 bits per heavy atom. The van der Waals surface area contributed by atoms with Crippen LogP contribution in [-0.2, 0) is 21.0 Å². The Bertz CT molecular complexity index is 1540. The van der Waals surface area contributed by atoms with Crippen molar-refractivity contribution in [2.75, 3.05) is 13.2 Å². The van der Waals surface area contributed by atoms with Crippen molar-refractivity contribution in [2.24, 2.45) is 10.8 Å². The lowest BCUT2D eigenvalue weighted by Gasteiger charge is -2.49. The number of carboxylic acid groups (broad SMARTS) is 1. The van der Waals surface area contributed by atoms with Gasteiger partial charge in [-0.1, -0.05) is 45.9 Å². The van der Waals surface area contributed by atoms with Crippen molar-refractivity contribution in [3.05, 3.63) is 80.4 Å². The van der Waals surface area contributed by atoms with Gasteiger partial charge in [-0.15, -0.1) is 0 Å². The van der Waals surface area contributed by atoms with Crippen molar-refractivity contribution in [1.82, 2.24) is 4.90 Å². The number of Topliss-reactive ketones (excluding diaryl/α,β-unsaturated/α-hetero) is 2. The highest BCUT2D eigenvalue weighted by atomic mass is 79.9. The first-order valence-electron chi connectivity index (χ1n) is 15.1. The smallest absolute Gasteiger partial charge is 0.305 e. The molecule has 7 nitrogen and oxygen atoms in total. The van der Waals surface area contributed by atoms with E-state index < -0.39 is 11.9 Å². The van der Waals surface area contributed by atoms with Crippen LogP contribution < -0.4 is 9.47 Å². The zero-order chi connectivity index (χ0) is 32.0. The van der Waals surface area contributed by atoms with Gasteiger partial charge in [0, 0.05) is 53.4 Å². The molecule has 2 aliphatic carbocycles. The van der Waals surface area contributed by atoms with Crippen molar-refractivity contribution in [1.29, 1.82) is 0 Å². The molecule has 0 radical (unpaired) electrons. The number of carbonyl (C=O) groups is 3. The molecular formula is C35H39BrFNO6. The van der Waals surface area contributed by atoms with Gasteiger partial charge in [-0.05, 0) is 70.3 Å². The molecule has 3 aliphatic rings. The second kappa shape index (κ2) is 12.1. The average molecular weight is 669 g/mol. The molecule has 0 unspecified atom stereocenters. The number of carbonyl (C=O) groups excluding carboxylic acids is 2. The molecule has 2 aromatic carbocycles. The van der Waals surface area contributed by atoms with Crippen LogP contribution in [0.3, 0.4) is 0 Å². The predicted octanol–water partition coefficient (Wildman–Crippen LogP) is 7.73. The topological polar surface area (TPSA) is 93.1 Å². The highest BCUT2D eigenvalue weighted by Crippen LogP contribution is 2.55. The molecule has 9 heteroatoms. The summed E-state index contributed by atoms with van der Waals surface area (Å²) >= 11 is 3.65. The first kappa shape index (κ1) is 31.9. The van der Waals surface area contributed by atoms with Crippen molar-refractivity contribution < 1.29 is 33.4 Å². The molecule has 1 aliphatic heterocycles. The number of hydrogen-bond donors (Lipinski definition) is 1. The molecule has 2 aromatic rings. The molecule has 0 fully saturated rings. The fraction of sp³-hybridized carbons (Fsp3) is 0.457. The van der Waals surface area contributed by atoms with E-state index in [4.69, 9.17) is 9.47 Å².